The normalized spacial score (nSPS) is 11.4. The maximum Gasteiger partial charge on any atom is 0.235 e. The third-order valence-corrected chi connectivity index (χ3v) is 4.82. The second-order valence-corrected chi connectivity index (χ2v) is 6.41. The SMILES string of the molecule is Cc1nnc2sc(-c3ccc(-c4ccc(Cl)c(Cl)c4)o3)nn12. The fraction of sp³-hybridized carbons (Fsp3) is 0.0714. The second kappa shape index (κ2) is 5.08. The zero-order valence-electron chi connectivity index (χ0n) is 11.2. The molecule has 22 heavy (non-hydrogen) atoms. The van der Waals surface area contributed by atoms with Crippen molar-refractivity contribution in [1.29, 1.82) is 0 Å². The topological polar surface area (TPSA) is 56.2 Å². The Kier molecular flexibility index (Phi) is 3.18. The summed E-state index contributed by atoms with van der Waals surface area (Å²) in [6.45, 7) is 1.85. The van der Waals surface area contributed by atoms with Crippen LogP contribution in [0.3, 0.4) is 0 Å². The van der Waals surface area contributed by atoms with Crippen molar-refractivity contribution in [2.24, 2.45) is 0 Å². The minimum atomic E-state index is 0.492. The van der Waals surface area contributed by atoms with Crippen molar-refractivity contribution < 1.29 is 4.42 Å². The molecule has 0 unspecified atom stereocenters. The molecule has 0 amide bonds. The fourth-order valence-electron chi connectivity index (χ4n) is 2.07. The number of rotatable bonds is 2. The molecular weight excluding hydrogens is 343 g/mol. The number of benzene rings is 1. The van der Waals surface area contributed by atoms with Gasteiger partial charge in [-0.05, 0) is 37.3 Å². The Morgan fingerprint density at radius 3 is 2.64 bits per heavy atom. The van der Waals surface area contributed by atoms with Crippen LogP contribution < -0.4 is 0 Å². The zero-order chi connectivity index (χ0) is 15.3. The lowest BCUT2D eigenvalue weighted by Gasteiger charge is -1.99. The van der Waals surface area contributed by atoms with Gasteiger partial charge >= 0.3 is 0 Å². The summed E-state index contributed by atoms with van der Waals surface area (Å²) in [6.07, 6.45) is 0. The molecule has 0 saturated heterocycles. The highest BCUT2D eigenvalue weighted by molar-refractivity contribution is 7.19. The predicted octanol–water partition coefficient (Wildman–Crippen LogP) is 4.73. The highest BCUT2D eigenvalue weighted by atomic mass is 35.5. The number of halogens is 2. The fourth-order valence-corrected chi connectivity index (χ4v) is 3.22. The molecule has 0 aliphatic rings. The first kappa shape index (κ1) is 13.8. The molecule has 3 aromatic heterocycles. The highest BCUT2D eigenvalue weighted by Crippen LogP contribution is 2.33. The lowest BCUT2D eigenvalue weighted by atomic mass is 10.2. The molecule has 5 nitrogen and oxygen atoms in total. The van der Waals surface area contributed by atoms with Gasteiger partial charge in [0.25, 0.3) is 0 Å². The van der Waals surface area contributed by atoms with Crippen LogP contribution in [-0.2, 0) is 0 Å². The van der Waals surface area contributed by atoms with Crippen LogP contribution in [0.2, 0.25) is 10.0 Å². The van der Waals surface area contributed by atoms with Crippen molar-refractivity contribution in [2.75, 3.05) is 0 Å². The smallest absolute Gasteiger partial charge is 0.235 e. The Morgan fingerprint density at radius 1 is 1.05 bits per heavy atom. The molecule has 0 spiro atoms. The first-order valence-electron chi connectivity index (χ1n) is 6.36. The molecule has 110 valence electrons. The van der Waals surface area contributed by atoms with E-state index in [2.05, 4.69) is 15.3 Å². The average Bonchev–Trinajstić information content (AvgIpc) is 3.19. The maximum absolute atomic E-state index is 6.04. The van der Waals surface area contributed by atoms with E-state index in [1.807, 2.05) is 25.1 Å². The molecular formula is C14H8Cl2N4OS. The van der Waals surface area contributed by atoms with Crippen LogP contribution in [-0.4, -0.2) is 19.8 Å². The highest BCUT2D eigenvalue weighted by Gasteiger charge is 2.14. The van der Waals surface area contributed by atoms with Gasteiger partial charge in [0.1, 0.15) is 5.76 Å². The molecule has 4 rings (SSSR count). The summed E-state index contributed by atoms with van der Waals surface area (Å²) in [5, 5.41) is 14.2. The first-order chi connectivity index (χ1) is 10.6. The molecule has 0 fully saturated rings. The van der Waals surface area contributed by atoms with Crippen molar-refractivity contribution in [3.8, 4) is 22.1 Å². The van der Waals surface area contributed by atoms with Crippen LogP contribution in [0.25, 0.3) is 27.1 Å². The van der Waals surface area contributed by atoms with Gasteiger partial charge in [0, 0.05) is 5.56 Å². The van der Waals surface area contributed by atoms with Gasteiger partial charge in [0.05, 0.1) is 10.0 Å². The van der Waals surface area contributed by atoms with E-state index in [1.165, 1.54) is 11.3 Å². The van der Waals surface area contributed by atoms with Crippen LogP contribution in [0.15, 0.2) is 34.7 Å². The van der Waals surface area contributed by atoms with Gasteiger partial charge in [0.2, 0.25) is 4.96 Å². The number of aryl methyl sites for hydroxylation is 1. The van der Waals surface area contributed by atoms with Crippen molar-refractivity contribution in [3.05, 3.63) is 46.2 Å². The zero-order valence-corrected chi connectivity index (χ0v) is 13.6. The Balaban J connectivity index is 1.75. The molecule has 0 atom stereocenters. The predicted molar refractivity (Wildman–Crippen MR) is 86.6 cm³/mol. The van der Waals surface area contributed by atoms with Crippen LogP contribution in [0.4, 0.5) is 0 Å². The van der Waals surface area contributed by atoms with Gasteiger partial charge in [-0.3, -0.25) is 0 Å². The molecule has 0 N–H and O–H groups in total. The van der Waals surface area contributed by atoms with Crippen LogP contribution in [0.5, 0.6) is 0 Å². The van der Waals surface area contributed by atoms with E-state index in [0.29, 0.717) is 21.6 Å². The molecule has 0 radical (unpaired) electrons. The Morgan fingerprint density at radius 2 is 1.86 bits per heavy atom. The van der Waals surface area contributed by atoms with E-state index in [9.17, 15) is 0 Å². The van der Waals surface area contributed by atoms with Gasteiger partial charge < -0.3 is 4.42 Å². The summed E-state index contributed by atoms with van der Waals surface area (Å²) in [7, 11) is 0. The van der Waals surface area contributed by atoms with Crippen LogP contribution in [0, 0.1) is 6.92 Å². The molecule has 1 aromatic carbocycles. The quantitative estimate of drug-likeness (QED) is 0.524. The Labute approximate surface area is 139 Å². The molecule has 0 aliphatic heterocycles. The van der Waals surface area contributed by atoms with Crippen LogP contribution in [0.1, 0.15) is 5.82 Å². The molecule has 4 aromatic rings. The average molecular weight is 351 g/mol. The minimum absolute atomic E-state index is 0.492. The minimum Gasteiger partial charge on any atom is -0.454 e. The van der Waals surface area contributed by atoms with Gasteiger partial charge in [-0.1, -0.05) is 34.5 Å². The van der Waals surface area contributed by atoms with E-state index in [0.717, 1.165) is 21.4 Å². The van der Waals surface area contributed by atoms with E-state index in [1.54, 1.807) is 16.6 Å². The van der Waals surface area contributed by atoms with Crippen molar-refractivity contribution >= 4 is 39.5 Å². The van der Waals surface area contributed by atoms with Gasteiger partial charge in [-0.25, -0.2) is 0 Å². The standard InChI is InChI=1S/C14H8Cl2N4OS/c1-7-17-18-14-20(7)19-13(22-14)12-5-4-11(21-12)8-2-3-9(15)10(16)6-8/h2-6H,1H3. The number of aromatic nitrogens is 4. The van der Waals surface area contributed by atoms with E-state index in [-0.39, 0.29) is 0 Å². The van der Waals surface area contributed by atoms with Gasteiger partial charge in [-0.2, -0.15) is 4.52 Å². The first-order valence-corrected chi connectivity index (χ1v) is 7.93. The van der Waals surface area contributed by atoms with Gasteiger partial charge in [0.15, 0.2) is 16.6 Å². The summed E-state index contributed by atoms with van der Waals surface area (Å²) in [5.74, 6) is 2.13. The number of hydrogen-bond acceptors (Lipinski definition) is 5. The maximum atomic E-state index is 6.04. The van der Waals surface area contributed by atoms with E-state index in [4.69, 9.17) is 27.6 Å². The van der Waals surface area contributed by atoms with Crippen molar-refractivity contribution in [3.63, 3.8) is 0 Å². The number of furan rings is 1. The molecule has 3 heterocycles. The number of fused-ring (bicyclic) bond motifs is 1. The summed E-state index contributed by atoms with van der Waals surface area (Å²) in [5.41, 5.74) is 0.861. The number of nitrogens with zero attached hydrogens (tertiary/aromatic N) is 4. The number of hydrogen-bond donors (Lipinski definition) is 0. The second-order valence-electron chi connectivity index (χ2n) is 4.64. The lowest BCUT2D eigenvalue weighted by Crippen LogP contribution is -1.87. The van der Waals surface area contributed by atoms with E-state index < -0.39 is 0 Å². The largest absolute Gasteiger partial charge is 0.454 e. The molecule has 0 bridgehead atoms. The third kappa shape index (κ3) is 2.20. The van der Waals surface area contributed by atoms with Gasteiger partial charge in [-0.15, -0.1) is 15.3 Å². The Bertz CT molecular complexity index is 988. The van der Waals surface area contributed by atoms with Crippen molar-refractivity contribution in [1.82, 2.24) is 19.8 Å². The molecule has 0 aliphatic carbocycles. The summed E-state index contributed by atoms with van der Waals surface area (Å²) < 4.78 is 7.57. The summed E-state index contributed by atoms with van der Waals surface area (Å²) >= 11 is 13.4. The summed E-state index contributed by atoms with van der Waals surface area (Å²) in [6, 6.07) is 9.13. The monoisotopic (exact) mass is 350 g/mol. The third-order valence-electron chi connectivity index (χ3n) is 3.17. The lowest BCUT2D eigenvalue weighted by molar-refractivity contribution is 0.595. The molecule has 8 heteroatoms. The Hall–Kier alpha value is -1.89. The molecule has 0 saturated carbocycles. The van der Waals surface area contributed by atoms with E-state index >= 15 is 0 Å². The van der Waals surface area contributed by atoms with Crippen LogP contribution >= 0.6 is 34.5 Å². The van der Waals surface area contributed by atoms with Crippen molar-refractivity contribution in [2.45, 2.75) is 6.92 Å². The summed E-state index contributed by atoms with van der Waals surface area (Å²) in [4.78, 5) is 0.736.